The van der Waals surface area contributed by atoms with Crippen LogP contribution < -0.4 is 4.72 Å². The molecule has 1 N–H and O–H groups in total. The van der Waals surface area contributed by atoms with Gasteiger partial charge in [0, 0.05) is 11.5 Å². The van der Waals surface area contributed by atoms with Crippen LogP contribution in [-0.4, -0.2) is 32.8 Å². The smallest absolute Gasteiger partial charge is 0.325 e. The number of hydrogen-bond acceptors (Lipinski definition) is 5. The van der Waals surface area contributed by atoms with Crippen LogP contribution in [0.15, 0.2) is 59.5 Å². The highest BCUT2D eigenvalue weighted by atomic mass is 35.5. The number of sulfonamides is 1. The Kier molecular flexibility index (Phi) is 7.96. The molecule has 2 aromatic carbocycles. The highest BCUT2D eigenvalue weighted by Gasteiger charge is 2.28. The number of halogens is 1. The highest BCUT2D eigenvalue weighted by molar-refractivity contribution is 7.98. The summed E-state index contributed by atoms with van der Waals surface area (Å²) in [6.45, 7) is 1.85. The lowest BCUT2D eigenvalue weighted by atomic mass is 10.2. The van der Waals surface area contributed by atoms with Crippen molar-refractivity contribution in [2.45, 2.75) is 23.6 Å². The lowest BCUT2D eigenvalue weighted by molar-refractivity contribution is -0.144. The van der Waals surface area contributed by atoms with Gasteiger partial charge in [0.05, 0.1) is 11.6 Å². The maximum absolute atomic E-state index is 12.6. The molecular formula is C18H20ClNO4S2. The van der Waals surface area contributed by atoms with Gasteiger partial charge in [-0.05, 0) is 24.6 Å². The number of carbonyl (C=O) groups excluding carboxylic acids is 1. The van der Waals surface area contributed by atoms with E-state index in [1.165, 1.54) is 23.9 Å². The molecule has 140 valence electrons. The molecule has 0 saturated carbocycles. The summed E-state index contributed by atoms with van der Waals surface area (Å²) in [6.07, 6.45) is 0. The van der Waals surface area contributed by atoms with E-state index in [1.807, 2.05) is 30.3 Å². The predicted octanol–water partition coefficient (Wildman–Crippen LogP) is 3.48. The number of benzene rings is 2. The minimum Gasteiger partial charge on any atom is -0.465 e. The zero-order valence-electron chi connectivity index (χ0n) is 14.2. The Morgan fingerprint density at radius 2 is 1.81 bits per heavy atom. The van der Waals surface area contributed by atoms with Gasteiger partial charge in [-0.3, -0.25) is 4.79 Å². The zero-order valence-corrected chi connectivity index (χ0v) is 16.6. The number of carbonyl (C=O) groups is 1. The molecule has 0 heterocycles. The third-order valence-electron chi connectivity index (χ3n) is 3.39. The van der Waals surface area contributed by atoms with Crippen molar-refractivity contribution in [3.63, 3.8) is 0 Å². The van der Waals surface area contributed by atoms with Crippen LogP contribution in [0.1, 0.15) is 12.5 Å². The van der Waals surface area contributed by atoms with E-state index in [2.05, 4.69) is 4.72 Å². The molecule has 0 aromatic heterocycles. The predicted molar refractivity (Wildman–Crippen MR) is 105 cm³/mol. The van der Waals surface area contributed by atoms with E-state index in [-0.39, 0.29) is 22.3 Å². The number of rotatable bonds is 9. The number of nitrogens with one attached hydrogen (secondary N) is 1. The lowest BCUT2D eigenvalue weighted by Crippen LogP contribution is -2.43. The Bertz CT molecular complexity index is 828. The minimum absolute atomic E-state index is 0.0657. The van der Waals surface area contributed by atoms with E-state index in [9.17, 15) is 13.2 Å². The fourth-order valence-corrected chi connectivity index (χ4v) is 4.99. The first-order chi connectivity index (χ1) is 12.4. The van der Waals surface area contributed by atoms with Gasteiger partial charge in [-0.1, -0.05) is 54.1 Å². The fourth-order valence-electron chi connectivity index (χ4n) is 2.18. The van der Waals surface area contributed by atoms with Crippen LogP contribution in [0.5, 0.6) is 0 Å². The van der Waals surface area contributed by atoms with Gasteiger partial charge < -0.3 is 4.74 Å². The van der Waals surface area contributed by atoms with E-state index in [4.69, 9.17) is 16.3 Å². The van der Waals surface area contributed by atoms with E-state index in [0.717, 1.165) is 5.56 Å². The molecule has 0 bridgehead atoms. The van der Waals surface area contributed by atoms with Gasteiger partial charge in [0.25, 0.3) is 0 Å². The first kappa shape index (κ1) is 20.8. The summed E-state index contributed by atoms with van der Waals surface area (Å²) in [5.74, 6) is 0.297. The Balaban J connectivity index is 2.09. The quantitative estimate of drug-likeness (QED) is 0.637. The topological polar surface area (TPSA) is 72.5 Å². The summed E-state index contributed by atoms with van der Waals surface area (Å²) in [5.41, 5.74) is 1.09. The lowest BCUT2D eigenvalue weighted by Gasteiger charge is -2.17. The second kappa shape index (κ2) is 9.97. The largest absolute Gasteiger partial charge is 0.465 e. The number of esters is 1. The molecule has 26 heavy (non-hydrogen) atoms. The Hall–Kier alpha value is -1.54. The van der Waals surface area contributed by atoms with Crippen molar-refractivity contribution in [2.24, 2.45) is 0 Å². The van der Waals surface area contributed by atoms with Gasteiger partial charge in [0.1, 0.15) is 10.9 Å². The molecule has 1 atom stereocenters. The molecule has 0 amide bonds. The number of hydrogen-bond donors (Lipinski definition) is 1. The molecule has 0 aliphatic carbocycles. The second-order valence-corrected chi connectivity index (χ2v) is 8.48. The van der Waals surface area contributed by atoms with Crippen LogP contribution in [0, 0.1) is 0 Å². The summed E-state index contributed by atoms with van der Waals surface area (Å²) in [6, 6.07) is 14.8. The summed E-state index contributed by atoms with van der Waals surface area (Å²) in [7, 11) is -3.94. The third-order valence-corrected chi connectivity index (χ3v) is 6.47. The summed E-state index contributed by atoms with van der Waals surface area (Å²) in [4.78, 5) is 12.1. The molecule has 1 unspecified atom stereocenters. The average Bonchev–Trinajstić information content (AvgIpc) is 2.62. The van der Waals surface area contributed by atoms with Crippen molar-refractivity contribution in [1.82, 2.24) is 4.72 Å². The third kappa shape index (κ3) is 6.02. The molecule has 8 heteroatoms. The molecule has 0 spiro atoms. The summed E-state index contributed by atoms with van der Waals surface area (Å²) < 4.78 is 32.6. The highest BCUT2D eigenvalue weighted by Crippen LogP contribution is 2.21. The SMILES string of the molecule is CCOC(=O)C(CSCc1ccccc1)NS(=O)(=O)c1ccccc1Cl. The van der Waals surface area contributed by atoms with Gasteiger partial charge in [-0.25, -0.2) is 8.42 Å². The molecule has 0 fully saturated rings. The Labute approximate surface area is 163 Å². The molecule has 0 aliphatic heterocycles. The van der Waals surface area contributed by atoms with Crippen molar-refractivity contribution in [2.75, 3.05) is 12.4 Å². The van der Waals surface area contributed by atoms with Crippen molar-refractivity contribution >= 4 is 39.4 Å². The summed E-state index contributed by atoms with van der Waals surface area (Å²) in [5, 5.41) is 0.0968. The van der Waals surface area contributed by atoms with E-state index < -0.39 is 22.0 Å². The van der Waals surface area contributed by atoms with Crippen molar-refractivity contribution in [3.8, 4) is 0 Å². The fraction of sp³-hybridized carbons (Fsp3) is 0.278. The Morgan fingerprint density at radius 3 is 2.46 bits per heavy atom. The number of ether oxygens (including phenoxy) is 1. The monoisotopic (exact) mass is 413 g/mol. The van der Waals surface area contributed by atoms with Crippen LogP contribution in [-0.2, 0) is 25.3 Å². The molecule has 0 aliphatic rings. The molecule has 5 nitrogen and oxygen atoms in total. The zero-order chi connectivity index (χ0) is 19.0. The Morgan fingerprint density at radius 1 is 1.15 bits per heavy atom. The first-order valence-corrected chi connectivity index (χ1v) is 11.0. The normalized spacial score (nSPS) is 12.5. The molecule has 0 saturated heterocycles. The maximum Gasteiger partial charge on any atom is 0.325 e. The van der Waals surface area contributed by atoms with Crippen LogP contribution in [0.4, 0.5) is 0 Å². The van der Waals surface area contributed by atoms with E-state index in [1.54, 1.807) is 19.1 Å². The van der Waals surface area contributed by atoms with E-state index >= 15 is 0 Å². The van der Waals surface area contributed by atoms with Crippen molar-refractivity contribution in [3.05, 3.63) is 65.2 Å². The van der Waals surface area contributed by atoms with Crippen LogP contribution in [0.3, 0.4) is 0 Å². The van der Waals surface area contributed by atoms with Gasteiger partial charge in [0.2, 0.25) is 10.0 Å². The van der Waals surface area contributed by atoms with Gasteiger partial charge >= 0.3 is 5.97 Å². The van der Waals surface area contributed by atoms with Crippen molar-refractivity contribution in [1.29, 1.82) is 0 Å². The van der Waals surface area contributed by atoms with Crippen LogP contribution in [0.25, 0.3) is 0 Å². The van der Waals surface area contributed by atoms with Gasteiger partial charge in [0.15, 0.2) is 0 Å². The molecule has 2 rings (SSSR count). The molecular weight excluding hydrogens is 394 g/mol. The van der Waals surface area contributed by atoms with Crippen LogP contribution in [0.2, 0.25) is 5.02 Å². The second-order valence-electron chi connectivity index (χ2n) is 5.36. The molecule has 2 aromatic rings. The standard InChI is InChI=1S/C18H20ClNO4S2/c1-2-24-18(21)16(13-25-12-14-8-4-3-5-9-14)20-26(22,23)17-11-7-6-10-15(17)19/h3-11,16,20H,2,12-13H2,1H3. The number of thioether (sulfide) groups is 1. The minimum atomic E-state index is -3.94. The molecule has 0 radical (unpaired) electrons. The average molecular weight is 414 g/mol. The van der Waals surface area contributed by atoms with E-state index in [0.29, 0.717) is 5.75 Å². The van der Waals surface area contributed by atoms with Crippen LogP contribution >= 0.6 is 23.4 Å². The first-order valence-electron chi connectivity index (χ1n) is 7.99. The van der Waals surface area contributed by atoms with Crippen molar-refractivity contribution < 1.29 is 17.9 Å². The summed E-state index contributed by atoms with van der Waals surface area (Å²) >= 11 is 7.42. The maximum atomic E-state index is 12.6. The van der Waals surface area contributed by atoms with Gasteiger partial charge in [-0.15, -0.1) is 0 Å². The van der Waals surface area contributed by atoms with Gasteiger partial charge in [-0.2, -0.15) is 16.5 Å².